The van der Waals surface area contributed by atoms with Crippen LogP contribution in [0.3, 0.4) is 0 Å². The first-order valence-electron chi connectivity index (χ1n) is 9.64. The topological polar surface area (TPSA) is 90.1 Å². The standard InChI is InChI=1S/C22H24FN5O2/c1-28(15-21(29)25-22(30)24-18-6-3-2-4-7-18)13-5-8-19-14-20(27-26-19)16-9-11-17(23)12-10-16/h2-4,6-7,9-12,14H,5,8,13,15H2,1H3,(H,26,27)(H2,24,25,29,30). The predicted octanol–water partition coefficient (Wildman–Crippen LogP) is 3.43. The Labute approximate surface area is 174 Å². The minimum absolute atomic E-state index is 0.117. The van der Waals surface area contributed by atoms with Crippen molar-refractivity contribution in [1.82, 2.24) is 20.4 Å². The van der Waals surface area contributed by atoms with Gasteiger partial charge in [0.2, 0.25) is 5.91 Å². The first kappa shape index (κ1) is 21.2. The van der Waals surface area contributed by atoms with Crippen LogP contribution in [-0.4, -0.2) is 47.2 Å². The predicted molar refractivity (Wildman–Crippen MR) is 113 cm³/mol. The van der Waals surface area contributed by atoms with Gasteiger partial charge in [-0.05, 0) is 68.9 Å². The van der Waals surface area contributed by atoms with Crippen molar-refractivity contribution in [3.63, 3.8) is 0 Å². The summed E-state index contributed by atoms with van der Waals surface area (Å²) >= 11 is 0. The molecule has 8 heteroatoms. The fourth-order valence-electron chi connectivity index (χ4n) is 2.97. The zero-order chi connectivity index (χ0) is 21.3. The largest absolute Gasteiger partial charge is 0.325 e. The molecule has 0 saturated heterocycles. The third-order valence-electron chi connectivity index (χ3n) is 4.45. The summed E-state index contributed by atoms with van der Waals surface area (Å²) in [4.78, 5) is 25.7. The van der Waals surface area contributed by atoms with Crippen LogP contribution < -0.4 is 10.6 Å². The molecule has 0 atom stereocenters. The highest BCUT2D eigenvalue weighted by molar-refractivity contribution is 6.01. The number of hydrogen-bond donors (Lipinski definition) is 3. The fraction of sp³-hybridized carbons (Fsp3) is 0.227. The SMILES string of the molecule is CN(CCCc1cc(-c2ccc(F)cc2)n[nH]1)CC(=O)NC(=O)Nc1ccccc1. The van der Waals surface area contributed by atoms with E-state index in [2.05, 4.69) is 20.8 Å². The molecule has 3 N–H and O–H groups in total. The van der Waals surface area contributed by atoms with Gasteiger partial charge in [0.1, 0.15) is 5.82 Å². The molecule has 7 nitrogen and oxygen atoms in total. The van der Waals surface area contributed by atoms with Gasteiger partial charge in [-0.15, -0.1) is 0 Å². The minimum atomic E-state index is -0.551. The number of aryl methyl sites for hydroxylation is 1. The molecule has 30 heavy (non-hydrogen) atoms. The number of carbonyl (C=O) groups is 2. The van der Waals surface area contributed by atoms with Crippen LogP contribution in [0.15, 0.2) is 60.7 Å². The number of para-hydroxylation sites is 1. The Bertz CT molecular complexity index is 973. The van der Waals surface area contributed by atoms with E-state index in [1.807, 2.05) is 24.1 Å². The molecule has 1 heterocycles. The molecule has 156 valence electrons. The zero-order valence-corrected chi connectivity index (χ0v) is 16.7. The molecule has 3 aromatic rings. The monoisotopic (exact) mass is 409 g/mol. The van der Waals surface area contributed by atoms with Crippen molar-refractivity contribution in [2.24, 2.45) is 0 Å². The number of amides is 3. The minimum Gasteiger partial charge on any atom is -0.308 e. The normalized spacial score (nSPS) is 10.8. The van der Waals surface area contributed by atoms with Crippen LogP contribution in [0, 0.1) is 5.82 Å². The van der Waals surface area contributed by atoms with E-state index in [0.717, 1.165) is 29.8 Å². The van der Waals surface area contributed by atoms with E-state index < -0.39 is 6.03 Å². The third-order valence-corrected chi connectivity index (χ3v) is 4.45. The maximum atomic E-state index is 13.0. The lowest BCUT2D eigenvalue weighted by atomic mass is 10.1. The zero-order valence-electron chi connectivity index (χ0n) is 16.7. The van der Waals surface area contributed by atoms with E-state index >= 15 is 0 Å². The lowest BCUT2D eigenvalue weighted by Crippen LogP contribution is -2.40. The lowest BCUT2D eigenvalue weighted by molar-refractivity contribution is -0.120. The smallest absolute Gasteiger partial charge is 0.308 e. The highest BCUT2D eigenvalue weighted by Crippen LogP contribution is 2.18. The van der Waals surface area contributed by atoms with Crippen molar-refractivity contribution in [1.29, 1.82) is 0 Å². The number of rotatable bonds is 8. The summed E-state index contributed by atoms with van der Waals surface area (Å²) in [5.41, 5.74) is 3.20. The number of aromatic amines is 1. The van der Waals surface area contributed by atoms with Gasteiger partial charge in [0.05, 0.1) is 12.2 Å². The second-order valence-electron chi connectivity index (χ2n) is 6.99. The van der Waals surface area contributed by atoms with E-state index in [0.29, 0.717) is 12.2 Å². The van der Waals surface area contributed by atoms with Gasteiger partial charge in [0.25, 0.3) is 0 Å². The molecule has 0 aliphatic carbocycles. The number of benzene rings is 2. The highest BCUT2D eigenvalue weighted by Gasteiger charge is 2.11. The molecule has 0 radical (unpaired) electrons. The van der Waals surface area contributed by atoms with Crippen molar-refractivity contribution in [2.75, 3.05) is 25.5 Å². The molecular weight excluding hydrogens is 385 g/mol. The maximum absolute atomic E-state index is 13.0. The molecule has 0 spiro atoms. The Hall–Kier alpha value is -3.52. The third kappa shape index (κ3) is 6.52. The molecule has 3 rings (SSSR count). The van der Waals surface area contributed by atoms with E-state index in [1.165, 1.54) is 12.1 Å². The molecule has 0 unspecified atom stereocenters. The lowest BCUT2D eigenvalue weighted by Gasteiger charge is -2.15. The molecule has 2 aromatic carbocycles. The summed E-state index contributed by atoms with van der Waals surface area (Å²) in [6.07, 6.45) is 1.57. The van der Waals surface area contributed by atoms with E-state index in [4.69, 9.17) is 0 Å². The fourth-order valence-corrected chi connectivity index (χ4v) is 2.97. The van der Waals surface area contributed by atoms with Gasteiger partial charge in [0, 0.05) is 16.9 Å². The Balaban J connectivity index is 1.37. The number of nitrogens with one attached hydrogen (secondary N) is 3. The van der Waals surface area contributed by atoms with Crippen LogP contribution in [0.1, 0.15) is 12.1 Å². The van der Waals surface area contributed by atoms with Crippen LogP contribution in [0.4, 0.5) is 14.9 Å². The number of hydrogen-bond acceptors (Lipinski definition) is 4. The number of halogens is 1. The summed E-state index contributed by atoms with van der Waals surface area (Å²) in [5, 5.41) is 12.2. The first-order chi connectivity index (χ1) is 14.5. The molecule has 0 fully saturated rings. The van der Waals surface area contributed by atoms with Crippen LogP contribution in [-0.2, 0) is 11.2 Å². The van der Waals surface area contributed by atoms with Crippen LogP contribution in [0.2, 0.25) is 0 Å². The van der Waals surface area contributed by atoms with Gasteiger partial charge >= 0.3 is 6.03 Å². The molecule has 0 aliphatic heterocycles. The first-order valence-corrected chi connectivity index (χ1v) is 9.64. The highest BCUT2D eigenvalue weighted by atomic mass is 19.1. The van der Waals surface area contributed by atoms with Crippen molar-refractivity contribution in [2.45, 2.75) is 12.8 Å². The van der Waals surface area contributed by atoms with Crippen LogP contribution in [0.25, 0.3) is 11.3 Å². The molecule has 0 aliphatic rings. The number of anilines is 1. The Morgan fingerprint density at radius 2 is 1.83 bits per heavy atom. The number of likely N-dealkylation sites (N-methyl/N-ethyl adjacent to an activating group) is 1. The molecule has 3 amide bonds. The summed E-state index contributed by atoms with van der Waals surface area (Å²) in [6, 6.07) is 16.5. The van der Waals surface area contributed by atoms with E-state index in [-0.39, 0.29) is 18.3 Å². The van der Waals surface area contributed by atoms with Gasteiger partial charge in [-0.3, -0.25) is 20.1 Å². The number of carbonyl (C=O) groups excluding carboxylic acids is 2. The van der Waals surface area contributed by atoms with Crippen molar-refractivity contribution < 1.29 is 14.0 Å². The van der Waals surface area contributed by atoms with Gasteiger partial charge in [-0.1, -0.05) is 18.2 Å². The second kappa shape index (κ2) is 10.3. The van der Waals surface area contributed by atoms with Gasteiger partial charge in [-0.2, -0.15) is 5.10 Å². The van der Waals surface area contributed by atoms with Gasteiger partial charge < -0.3 is 5.32 Å². The molecule has 0 saturated carbocycles. The number of imide groups is 1. The molecule has 0 bridgehead atoms. The summed E-state index contributed by atoms with van der Waals surface area (Å²) in [5.74, 6) is -0.648. The molecular formula is C22H24FN5O2. The van der Waals surface area contributed by atoms with Crippen LogP contribution in [0.5, 0.6) is 0 Å². The summed E-state index contributed by atoms with van der Waals surface area (Å²) < 4.78 is 13.0. The summed E-state index contributed by atoms with van der Waals surface area (Å²) in [6.45, 7) is 0.796. The van der Waals surface area contributed by atoms with Gasteiger partial charge in [-0.25, -0.2) is 9.18 Å². The number of aromatic nitrogens is 2. The summed E-state index contributed by atoms with van der Waals surface area (Å²) in [7, 11) is 1.82. The quantitative estimate of drug-likeness (QED) is 0.532. The van der Waals surface area contributed by atoms with E-state index in [9.17, 15) is 14.0 Å². The van der Waals surface area contributed by atoms with Gasteiger partial charge in [0.15, 0.2) is 0 Å². The number of nitrogens with zero attached hydrogens (tertiary/aromatic N) is 2. The Morgan fingerprint density at radius 3 is 2.57 bits per heavy atom. The average molecular weight is 409 g/mol. The van der Waals surface area contributed by atoms with Crippen molar-refractivity contribution in [3.05, 3.63) is 72.2 Å². The number of urea groups is 1. The molecule has 1 aromatic heterocycles. The second-order valence-corrected chi connectivity index (χ2v) is 6.99. The Morgan fingerprint density at radius 1 is 1.10 bits per heavy atom. The van der Waals surface area contributed by atoms with Crippen LogP contribution >= 0.6 is 0 Å². The average Bonchev–Trinajstić information content (AvgIpc) is 3.18. The Kier molecular flexibility index (Phi) is 7.29. The van der Waals surface area contributed by atoms with E-state index in [1.54, 1.807) is 36.4 Å². The van der Waals surface area contributed by atoms with Crippen molar-refractivity contribution >= 4 is 17.6 Å². The number of H-pyrrole nitrogens is 1. The maximum Gasteiger partial charge on any atom is 0.325 e. The van der Waals surface area contributed by atoms with Crippen molar-refractivity contribution in [3.8, 4) is 11.3 Å².